The molecule has 11 heteroatoms. The van der Waals surface area contributed by atoms with Crippen LogP contribution in [-0.4, -0.2) is 48.6 Å². The van der Waals surface area contributed by atoms with Gasteiger partial charge in [-0.1, -0.05) is 29.5 Å². The lowest BCUT2D eigenvalue weighted by atomic mass is 9.94. The second-order valence-corrected chi connectivity index (χ2v) is 9.36. The van der Waals surface area contributed by atoms with Gasteiger partial charge in [-0.3, -0.25) is 14.5 Å². The molecule has 2 heterocycles. The van der Waals surface area contributed by atoms with Gasteiger partial charge >= 0.3 is 11.9 Å². The molecule has 0 aliphatic carbocycles. The SMILES string of the molecule is CCOC(=O)c1sc(N2C(=O)C(=O)C(=C(O)c3ccc(C)c(F)c3)[C@@H]2c2ccc(OC)c(OC)c2)nc1C. The van der Waals surface area contributed by atoms with Crippen molar-refractivity contribution in [3.8, 4) is 11.5 Å². The average Bonchev–Trinajstić information content (AvgIpc) is 3.41. The first-order chi connectivity index (χ1) is 18.1. The molecular formula is C27H25FN2O7S. The number of methoxy groups -OCH3 is 2. The number of ether oxygens (including phenoxy) is 3. The number of aliphatic hydroxyl groups excluding tert-OH is 1. The first-order valence-corrected chi connectivity index (χ1v) is 12.4. The zero-order valence-electron chi connectivity index (χ0n) is 21.3. The number of carbonyl (C=O) groups excluding carboxylic acids is 3. The molecule has 4 rings (SSSR count). The van der Waals surface area contributed by atoms with Crippen LogP contribution < -0.4 is 14.4 Å². The number of carbonyl (C=O) groups is 3. The molecule has 3 aromatic rings. The fourth-order valence-electron chi connectivity index (χ4n) is 4.14. The number of hydrogen-bond donors (Lipinski definition) is 1. The van der Waals surface area contributed by atoms with E-state index in [1.165, 1.54) is 26.4 Å². The van der Waals surface area contributed by atoms with E-state index >= 15 is 0 Å². The van der Waals surface area contributed by atoms with Crippen LogP contribution in [0.1, 0.15) is 45.0 Å². The van der Waals surface area contributed by atoms with Crippen LogP contribution in [0.3, 0.4) is 0 Å². The van der Waals surface area contributed by atoms with E-state index in [4.69, 9.17) is 14.2 Å². The van der Waals surface area contributed by atoms with Gasteiger partial charge in [0.15, 0.2) is 16.6 Å². The Morgan fingerprint density at radius 2 is 1.82 bits per heavy atom. The Balaban J connectivity index is 1.96. The molecule has 1 N–H and O–H groups in total. The summed E-state index contributed by atoms with van der Waals surface area (Å²) in [6.07, 6.45) is 0. The highest BCUT2D eigenvalue weighted by atomic mass is 32.1. The molecule has 1 amide bonds. The molecule has 1 atom stereocenters. The number of amides is 1. The smallest absolute Gasteiger partial charge is 0.350 e. The number of Topliss-reactive ketones (excluding diaryl/α,β-unsaturated/α-hetero) is 1. The minimum absolute atomic E-state index is 0.0270. The van der Waals surface area contributed by atoms with Crippen molar-refractivity contribution in [1.29, 1.82) is 0 Å². The third kappa shape index (κ3) is 4.60. The maximum atomic E-state index is 14.4. The summed E-state index contributed by atoms with van der Waals surface area (Å²) in [6.45, 7) is 4.96. The van der Waals surface area contributed by atoms with Gasteiger partial charge in [0.25, 0.3) is 5.78 Å². The van der Waals surface area contributed by atoms with Gasteiger partial charge in [-0.05, 0) is 50.1 Å². The number of ketones is 1. The van der Waals surface area contributed by atoms with Gasteiger partial charge < -0.3 is 19.3 Å². The van der Waals surface area contributed by atoms with Crippen molar-refractivity contribution >= 4 is 39.9 Å². The molecule has 1 saturated heterocycles. The molecule has 198 valence electrons. The van der Waals surface area contributed by atoms with E-state index in [9.17, 15) is 23.9 Å². The van der Waals surface area contributed by atoms with Crippen molar-refractivity contribution < 1.29 is 38.1 Å². The number of anilines is 1. The molecule has 1 aromatic heterocycles. The van der Waals surface area contributed by atoms with Crippen LogP contribution in [0.2, 0.25) is 0 Å². The number of hydrogen-bond acceptors (Lipinski definition) is 9. The van der Waals surface area contributed by atoms with Crippen LogP contribution in [0.4, 0.5) is 9.52 Å². The summed E-state index contributed by atoms with van der Waals surface area (Å²) >= 11 is 0.888. The summed E-state index contributed by atoms with van der Waals surface area (Å²) in [4.78, 5) is 44.9. The zero-order valence-corrected chi connectivity index (χ0v) is 22.1. The lowest BCUT2D eigenvalue weighted by Crippen LogP contribution is -2.29. The van der Waals surface area contributed by atoms with Gasteiger partial charge in [0.1, 0.15) is 16.5 Å². The van der Waals surface area contributed by atoms with Gasteiger partial charge in [0, 0.05) is 5.56 Å². The lowest BCUT2D eigenvalue weighted by molar-refractivity contribution is -0.132. The number of nitrogens with zero attached hydrogens (tertiary/aromatic N) is 2. The average molecular weight is 541 g/mol. The van der Waals surface area contributed by atoms with E-state index in [2.05, 4.69) is 4.98 Å². The first kappa shape index (κ1) is 26.8. The Morgan fingerprint density at radius 1 is 1.11 bits per heavy atom. The number of rotatable bonds is 7. The topological polar surface area (TPSA) is 115 Å². The van der Waals surface area contributed by atoms with Crippen LogP contribution in [0.5, 0.6) is 11.5 Å². The summed E-state index contributed by atoms with van der Waals surface area (Å²) in [6, 6.07) is 7.62. The number of esters is 1. The van der Waals surface area contributed by atoms with Crippen LogP contribution in [0.25, 0.3) is 5.76 Å². The molecule has 0 bridgehead atoms. The zero-order chi connectivity index (χ0) is 27.7. The van der Waals surface area contributed by atoms with Crippen LogP contribution >= 0.6 is 11.3 Å². The van der Waals surface area contributed by atoms with E-state index in [1.807, 2.05) is 0 Å². The van der Waals surface area contributed by atoms with Gasteiger partial charge in [-0.15, -0.1) is 0 Å². The third-order valence-corrected chi connectivity index (χ3v) is 7.20. The van der Waals surface area contributed by atoms with Gasteiger partial charge in [-0.2, -0.15) is 0 Å². The molecule has 2 aromatic carbocycles. The van der Waals surface area contributed by atoms with E-state index in [1.54, 1.807) is 39.0 Å². The number of halogens is 1. The Kier molecular flexibility index (Phi) is 7.49. The highest BCUT2D eigenvalue weighted by Gasteiger charge is 2.48. The predicted molar refractivity (Wildman–Crippen MR) is 138 cm³/mol. The largest absolute Gasteiger partial charge is 0.507 e. The molecular weight excluding hydrogens is 515 g/mol. The second-order valence-electron chi connectivity index (χ2n) is 8.38. The molecule has 0 spiro atoms. The van der Waals surface area contributed by atoms with Crippen molar-refractivity contribution in [2.45, 2.75) is 26.8 Å². The van der Waals surface area contributed by atoms with Crippen molar-refractivity contribution in [3.63, 3.8) is 0 Å². The van der Waals surface area contributed by atoms with Gasteiger partial charge in [0.05, 0.1) is 38.1 Å². The highest BCUT2D eigenvalue weighted by molar-refractivity contribution is 7.17. The van der Waals surface area contributed by atoms with E-state index in [0.29, 0.717) is 28.3 Å². The minimum Gasteiger partial charge on any atom is -0.507 e. The van der Waals surface area contributed by atoms with Crippen LogP contribution in [0, 0.1) is 19.7 Å². The summed E-state index contributed by atoms with van der Waals surface area (Å²) in [7, 11) is 2.90. The van der Waals surface area contributed by atoms with Gasteiger partial charge in [-0.25, -0.2) is 14.2 Å². The summed E-state index contributed by atoms with van der Waals surface area (Å²) < 4.78 is 30.1. The number of aromatic nitrogens is 1. The molecule has 1 fully saturated rings. The monoisotopic (exact) mass is 540 g/mol. The fraction of sp³-hybridized carbons (Fsp3) is 0.259. The number of aryl methyl sites for hydroxylation is 2. The fourth-order valence-corrected chi connectivity index (χ4v) is 5.12. The van der Waals surface area contributed by atoms with Crippen molar-refractivity contribution in [2.75, 3.05) is 25.7 Å². The third-order valence-electron chi connectivity index (χ3n) is 6.07. The molecule has 0 saturated carbocycles. The number of benzene rings is 2. The minimum atomic E-state index is -1.17. The molecule has 0 unspecified atom stereocenters. The molecule has 9 nitrogen and oxygen atoms in total. The van der Waals surface area contributed by atoms with Crippen molar-refractivity contribution in [3.05, 3.63) is 75.0 Å². The van der Waals surface area contributed by atoms with E-state index in [0.717, 1.165) is 22.3 Å². The van der Waals surface area contributed by atoms with Crippen molar-refractivity contribution in [1.82, 2.24) is 4.98 Å². The number of aliphatic hydroxyl groups is 1. The molecule has 38 heavy (non-hydrogen) atoms. The molecule has 1 aliphatic rings. The standard InChI is InChI=1S/C27H25FN2O7S/c1-6-37-26(34)24-14(3)29-27(38-24)30-21(15-9-10-18(35-4)19(12-15)36-5)20(23(32)25(30)33)22(31)16-8-7-13(2)17(28)11-16/h7-12,21,31H,6H2,1-5H3/t21-/m0/s1. The second kappa shape index (κ2) is 10.6. The summed E-state index contributed by atoms with van der Waals surface area (Å²) in [5.41, 5.74) is 0.817. The normalized spacial score (nSPS) is 16.6. The maximum Gasteiger partial charge on any atom is 0.350 e. The van der Waals surface area contributed by atoms with Crippen LogP contribution in [-0.2, 0) is 14.3 Å². The van der Waals surface area contributed by atoms with E-state index in [-0.39, 0.29) is 27.8 Å². The lowest BCUT2D eigenvalue weighted by Gasteiger charge is -2.23. The molecule has 1 aliphatic heterocycles. The Bertz CT molecular complexity index is 1480. The number of thiazole rings is 1. The van der Waals surface area contributed by atoms with E-state index < -0.39 is 35.3 Å². The quantitative estimate of drug-likeness (QED) is 0.198. The maximum absolute atomic E-state index is 14.4. The highest BCUT2D eigenvalue weighted by Crippen LogP contribution is 2.45. The first-order valence-electron chi connectivity index (χ1n) is 11.6. The Hall–Kier alpha value is -4.25. The summed E-state index contributed by atoms with van der Waals surface area (Å²) in [5, 5.41) is 11.3. The van der Waals surface area contributed by atoms with Crippen LogP contribution in [0.15, 0.2) is 42.0 Å². The van der Waals surface area contributed by atoms with Gasteiger partial charge in [0.2, 0.25) is 0 Å². The Morgan fingerprint density at radius 3 is 2.45 bits per heavy atom. The Labute approximate surface area is 222 Å². The predicted octanol–water partition coefficient (Wildman–Crippen LogP) is 4.72. The van der Waals surface area contributed by atoms with Crippen molar-refractivity contribution in [2.24, 2.45) is 0 Å². The molecule has 0 radical (unpaired) electrons. The summed E-state index contributed by atoms with van der Waals surface area (Å²) in [5.74, 6) is -2.98.